The minimum Gasteiger partial charge on any atom is -0.496 e. The lowest BCUT2D eigenvalue weighted by molar-refractivity contribution is -0.145. The summed E-state index contributed by atoms with van der Waals surface area (Å²) in [5.41, 5.74) is 4.24. The van der Waals surface area contributed by atoms with Crippen LogP contribution in [0.25, 0.3) is 11.1 Å². The maximum Gasteiger partial charge on any atom is 0.338 e. The van der Waals surface area contributed by atoms with Crippen molar-refractivity contribution in [1.82, 2.24) is 0 Å². The standard InChI is InChI=1S/C21H24O4/c1-4-5-12-24-21(22)20-19(25-20)16-10-11-18(23-3)17(13-16)15-8-6-14(2)7-9-15/h6-11,13,19-20H,4-5,12H2,1-3H3. The van der Waals surface area contributed by atoms with Crippen LogP contribution in [-0.4, -0.2) is 25.8 Å². The van der Waals surface area contributed by atoms with Crippen LogP contribution in [0, 0.1) is 6.92 Å². The highest BCUT2D eigenvalue weighted by Gasteiger charge is 2.47. The van der Waals surface area contributed by atoms with Crippen molar-refractivity contribution in [1.29, 1.82) is 0 Å². The van der Waals surface area contributed by atoms with Gasteiger partial charge in [0.15, 0.2) is 6.10 Å². The molecule has 1 aliphatic rings. The molecule has 4 nitrogen and oxygen atoms in total. The minimum absolute atomic E-state index is 0.232. The first-order chi connectivity index (χ1) is 12.1. The van der Waals surface area contributed by atoms with Crippen LogP contribution in [0.5, 0.6) is 5.75 Å². The van der Waals surface area contributed by atoms with E-state index in [2.05, 4.69) is 38.1 Å². The van der Waals surface area contributed by atoms with Gasteiger partial charge >= 0.3 is 5.97 Å². The van der Waals surface area contributed by atoms with Gasteiger partial charge in [0.05, 0.1) is 13.7 Å². The molecule has 1 fully saturated rings. The number of benzene rings is 2. The van der Waals surface area contributed by atoms with Gasteiger partial charge in [-0.15, -0.1) is 0 Å². The molecule has 0 aromatic heterocycles. The van der Waals surface area contributed by atoms with Crippen LogP contribution in [0.2, 0.25) is 0 Å². The van der Waals surface area contributed by atoms with Gasteiger partial charge in [-0.3, -0.25) is 0 Å². The van der Waals surface area contributed by atoms with Gasteiger partial charge < -0.3 is 14.2 Å². The molecule has 0 saturated carbocycles. The minimum atomic E-state index is -0.490. The van der Waals surface area contributed by atoms with E-state index in [0.717, 1.165) is 35.3 Å². The molecule has 2 aromatic rings. The Morgan fingerprint density at radius 3 is 2.60 bits per heavy atom. The summed E-state index contributed by atoms with van der Waals surface area (Å²) in [6, 6.07) is 14.2. The number of carbonyl (C=O) groups is 1. The fourth-order valence-electron chi connectivity index (χ4n) is 2.81. The Hall–Kier alpha value is -2.33. The quantitative estimate of drug-likeness (QED) is 0.424. The molecule has 1 heterocycles. The second kappa shape index (κ2) is 7.70. The third-order valence-electron chi connectivity index (χ3n) is 4.38. The molecule has 3 rings (SSSR count). The molecule has 0 amide bonds. The first kappa shape index (κ1) is 17.5. The highest BCUT2D eigenvalue weighted by molar-refractivity contribution is 5.79. The van der Waals surface area contributed by atoms with Gasteiger partial charge in [-0.2, -0.15) is 0 Å². The van der Waals surface area contributed by atoms with E-state index in [0.29, 0.717) is 6.61 Å². The number of unbranched alkanes of at least 4 members (excludes halogenated alkanes) is 1. The summed E-state index contributed by atoms with van der Waals surface area (Å²) in [6.07, 6.45) is 1.16. The molecular formula is C21H24O4. The van der Waals surface area contributed by atoms with E-state index in [1.54, 1.807) is 7.11 Å². The monoisotopic (exact) mass is 340 g/mol. The van der Waals surface area contributed by atoms with Crippen LogP contribution >= 0.6 is 0 Å². The largest absolute Gasteiger partial charge is 0.496 e. The SMILES string of the molecule is CCCCOC(=O)C1OC1c1ccc(OC)c(-c2ccc(C)cc2)c1. The fourth-order valence-corrected chi connectivity index (χ4v) is 2.81. The average Bonchev–Trinajstić information content (AvgIpc) is 3.43. The van der Waals surface area contributed by atoms with Gasteiger partial charge in [-0.1, -0.05) is 49.2 Å². The van der Waals surface area contributed by atoms with E-state index in [4.69, 9.17) is 14.2 Å². The molecule has 132 valence electrons. The fraction of sp³-hybridized carbons (Fsp3) is 0.381. The molecule has 0 aliphatic carbocycles. The molecule has 0 N–H and O–H groups in total. The van der Waals surface area contributed by atoms with E-state index in [9.17, 15) is 4.79 Å². The van der Waals surface area contributed by atoms with E-state index in [1.807, 2.05) is 18.2 Å². The topological polar surface area (TPSA) is 48.1 Å². The van der Waals surface area contributed by atoms with Crippen molar-refractivity contribution in [3.05, 3.63) is 53.6 Å². The van der Waals surface area contributed by atoms with Gasteiger partial charge in [-0.25, -0.2) is 4.79 Å². The molecule has 1 aliphatic heterocycles. The molecule has 0 spiro atoms. The Morgan fingerprint density at radius 2 is 1.92 bits per heavy atom. The Morgan fingerprint density at radius 1 is 1.16 bits per heavy atom. The van der Waals surface area contributed by atoms with Crippen molar-refractivity contribution in [3.8, 4) is 16.9 Å². The zero-order valence-corrected chi connectivity index (χ0v) is 15.0. The number of methoxy groups -OCH3 is 1. The molecule has 1 saturated heterocycles. The molecular weight excluding hydrogens is 316 g/mol. The highest BCUT2D eigenvalue weighted by Crippen LogP contribution is 2.42. The summed E-state index contributed by atoms with van der Waals surface area (Å²) in [7, 11) is 1.66. The first-order valence-corrected chi connectivity index (χ1v) is 8.71. The van der Waals surface area contributed by atoms with Gasteiger partial charge in [0.25, 0.3) is 0 Å². The molecule has 0 bridgehead atoms. The van der Waals surface area contributed by atoms with Crippen molar-refractivity contribution in [2.24, 2.45) is 0 Å². The molecule has 4 heteroatoms. The Balaban J connectivity index is 1.77. The number of aryl methyl sites for hydroxylation is 1. The Bertz CT molecular complexity index is 736. The van der Waals surface area contributed by atoms with E-state index < -0.39 is 6.10 Å². The second-order valence-corrected chi connectivity index (χ2v) is 6.32. The predicted molar refractivity (Wildman–Crippen MR) is 96.6 cm³/mol. The van der Waals surface area contributed by atoms with Gasteiger partial charge in [0.2, 0.25) is 0 Å². The van der Waals surface area contributed by atoms with Crippen LogP contribution in [0.4, 0.5) is 0 Å². The number of carbonyl (C=O) groups excluding carboxylic acids is 1. The van der Waals surface area contributed by atoms with Crippen molar-refractivity contribution in [2.45, 2.75) is 38.9 Å². The summed E-state index contributed by atoms with van der Waals surface area (Å²) in [5.74, 6) is 0.529. The molecule has 2 unspecified atom stereocenters. The lowest BCUT2D eigenvalue weighted by Gasteiger charge is -2.11. The molecule has 25 heavy (non-hydrogen) atoms. The number of hydrogen-bond acceptors (Lipinski definition) is 4. The smallest absolute Gasteiger partial charge is 0.338 e. The summed E-state index contributed by atoms with van der Waals surface area (Å²) in [5, 5.41) is 0. The van der Waals surface area contributed by atoms with Crippen molar-refractivity contribution < 1.29 is 19.0 Å². The van der Waals surface area contributed by atoms with E-state index in [1.165, 1.54) is 5.56 Å². The lowest BCUT2D eigenvalue weighted by atomic mass is 9.99. The van der Waals surface area contributed by atoms with Gasteiger partial charge in [0.1, 0.15) is 11.9 Å². The summed E-state index contributed by atoms with van der Waals surface area (Å²) >= 11 is 0. The van der Waals surface area contributed by atoms with Crippen LogP contribution in [0.1, 0.15) is 37.0 Å². The molecule has 0 radical (unpaired) electrons. The van der Waals surface area contributed by atoms with Crippen molar-refractivity contribution in [3.63, 3.8) is 0 Å². The van der Waals surface area contributed by atoms with Crippen LogP contribution in [-0.2, 0) is 14.3 Å². The maximum atomic E-state index is 12.0. The average molecular weight is 340 g/mol. The predicted octanol–water partition coefficient (Wildman–Crippen LogP) is 4.45. The molecule has 2 aromatic carbocycles. The van der Waals surface area contributed by atoms with E-state index in [-0.39, 0.29) is 12.1 Å². The van der Waals surface area contributed by atoms with Gasteiger partial charge in [-0.05, 0) is 36.6 Å². The summed E-state index contributed by atoms with van der Waals surface area (Å²) in [6.45, 7) is 4.58. The maximum absolute atomic E-state index is 12.0. The Labute approximate surface area is 148 Å². The van der Waals surface area contributed by atoms with Crippen LogP contribution in [0.15, 0.2) is 42.5 Å². The number of rotatable bonds is 7. The zero-order chi connectivity index (χ0) is 17.8. The van der Waals surface area contributed by atoms with Crippen molar-refractivity contribution >= 4 is 5.97 Å². The third kappa shape index (κ3) is 4.02. The van der Waals surface area contributed by atoms with E-state index >= 15 is 0 Å². The highest BCUT2D eigenvalue weighted by atomic mass is 16.6. The summed E-state index contributed by atoms with van der Waals surface area (Å²) in [4.78, 5) is 12.0. The number of ether oxygens (including phenoxy) is 3. The number of hydrogen-bond donors (Lipinski definition) is 0. The van der Waals surface area contributed by atoms with Crippen LogP contribution < -0.4 is 4.74 Å². The van der Waals surface area contributed by atoms with Crippen molar-refractivity contribution in [2.75, 3.05) is 13.7 Å². The second-order valence-electron chi connectivity index (χ2n) is 6.32. The van der Waals surface area contributed by atoms with Crippen LogP contribution in [0.3, 0.4) is 0 Å². The third-order valence-corrected chi connectivity index (χ3v) is 4.38. The normalized spacial score (nSPS) is 18.7. The lowest BCUT2D eigenvalue weighted by Crippen LogP contribution is -2.13. The first-order valence-electron chi connectivity index (χ1n) is 8.71. The summed E-state index contributed by atoms with van der Waals surface area (Å²) < 4.78 is 16.3. The Kier molecular flexibility index (Phi) is 5.39. The van der Waals surface area contributed by atoms with Gasteiger partial charge in [0, 0.05) is 5.56 Å². The zero-order valence-electron chi connectivity index (χ0n) is 15.0. The number of epoxide rings is 1. The number of esters is 1. The molecule has 2 atom stereocenters.